The number of thioether (sulfide) groups is 1. The van der Waals surface area contributed by atoms with E-state index in [2.05, 4.69) is 48.7 Å². The summed E-state index contributed by atoms with van der Waals surface area (Å²) in [7, 11) is 0. The van der Waals surface area contributed by atoms with E-state index in [1.807, 2.05) is 11.8 Å². The van der Waals surface area contributed by atoms with E-state index in [4.69, 9.17) is 0 Å². The van der Waals surface area contributed by atoms with Gasteiger partial charge in [0, 0.05) is 0 Å². The standard InChI is InChI=1S/C14H16S/c1-15-11-5-9-13-8-4-7-12-6-2-3-10-14(12)13/h2-4,6-8,10H,5,9,11H2,1H3. The molecule has 78 valence electrons. The van der Waals surface area contributed by atoms with E-state index >= 15 is 0 Å². The minimum atomic E-state index is 1.20. The van der Waals surface area contributed by atoms with Gasteiger partial charge in [-0.15, -0.1) is 0 Å². The van der Waals surface area contributed by atoms with Crippen LogP contribution in [0.25, 0.3) is 10.8 Å². The Bertz CT molecular complexity index is 429. The van der Waals surface area contributed by atoms with E-state index in [0.29, 0.717) is 0 Å². The van der Waals surface area contributed by atoms with E-state index in [1.54, 1.807) is 0 Å². The third kappa shape index (κ3) is 2.54. The van der Waals surface area contributed by atoms with Gasteiger partial charge in [-0.1, -0.05) is 42.5 Å². The van der Waals surface area contributed by atoms with Crippen molar-refractivity contribution < 1.29 is 0 Å². The minimum absolute atomic E-state index is 1.20. The van der Waals surface area contributed by atoms with Gasteiger partial charge in [-0.3, -0.25) is 0 Å². The zero-order valence-electron chi connectivity index (χ0n) is 9.07. The molecule has 0 spiro atoms. The Hall–Kier alpha value is -0.950. The Labute approximate surface area is 95.7 Å². The predicted molar refractivity (Wildman–Crippen MR) is 70.7 cm³/mol. The fourth-order valence-electron chi connectivity index (χ4n) is 1.92. The molecule has 2 aromatic rings. The molecule has 0 radical (unpaired) electrons. The van der Waals surface area contributed by atoms with Crippen molar-refractivity contribution in [3.05, 3.63) is 48.0 Å². The van der Waals surface area contributed by atoms with Crippen molar-refractivity contribution in [2.24, 2.45) is 0 Å². The molecule has 2 aromatic carbocycles. The Morgan fingerprint density at radius 2 is 1.80 bits per heavy atom. The van der Waals surface area contributed by atoms with Gasteiger partial charge < -0.3 is 0 Å². The second-order valence-electron chi connectivity index (χ2n) is 3.73. The van der Waals surface area contributed by atoms with E-state index in [9.17, 15) is 0 Å². The molecule has 0 saturated heterocycles. The molecule has 0 aromatic heterocycles. The highest BCUT2D eigenvalue weighted by atomic mass is 32.2. The zero-order chi connectivity index (χ0) is 10.5. The van der Waals surface area contributed by atoms with Crippen molar-refractivity contribution >= 4 is 22.5 Å². The fraction of sp³-hybridized carbons (Fsp3) is 0.286. The number of benzene rings is 2. The van der Waals surface area contributed by atoms with E-state index in [1.165, 1.54) is 34.9 Å². The lowest BCUT2D eigenvalue weighted by Gasteiger charge is -2.05. The van der Waals surface area contributed by atoms with Crippen LogP contribution in [0.5, 0.6) is 0 Å². The first kappa shape index (κ1) is 10.6. The summed E-state index contributed by atoms with van der Waals surface area (Å²) in [5.74, 6) is 1.25. The monoisotopic (exact) mass is 216 g/mol. The Morgan fingerprint density at radius 3 is 2.67 bits per heavy atom. The van der Waals surface area contributed by atoms with Gasteiger partial charge >= 0.3 is 0 Å². The van der Waals surface area contributed by atoms with Crippen LogP contribution in [0.1, 0.15) is 12.0 Å². The molecule has 15 heavy (non-hydrogen) atoms. The van der Waals surface area contributed by atoms with E-state index < -0.39 is 0 Å². The Kier molecular flexibility index (Phi) is 3.68. The first-order valence-corrected chi connectivity index (χ1v) is 6.77. The summed E-state index contributed by atoms with van der Waals surface area (Å²) in [5, 5.41) is 2.78. The lowest BCUT2D eigenvalue weighted by atomic mass is 10.0. The average molecular weight is 216 g/mol. The molecule has 2 rings (SSSR count). The van der Waals surface area contributed by atoms with E-state index in [-0.39, 0.29) is 0 Å². The van der Waals surface area contributed by atoms with Crippen molar-refractivity contribution in [3.63, 3.8) is 0 Å². The summed E-state index contributed by atoms with van der Waals surface area (Å²) in [6.45, 7) is 0. The molecular weight excluding hydrogens is 200 g/mol. The number of hydrogen-bond donors (Lipinski definition) is 0. The van der Waals surface area contributed by atoms with Gasteiger partial charge in [-0.05, 0) is 41.2 Å². The molecule has 0 amide bonds. The molecule has 1 heteroatoms. The second-order valence-corrected chi connectivity index (χ2v) is 4.72. The molecule has 0 atom stereocenters. The minimum Gasteiger partial charge on any atom is -0.165 e. The second kappa shape index (κ2) is 5.22. The number of aryl methyl sites for hydroxylation is 1. The predicted octanol–water partition coefficient (Wildman–Crippen LogP) is 4.14. The van der Waals surface area contributed by atoms with Gasteiger partial charge in [-0.2, -0.15) is 11.8 Å². The summed E-state index contributed by atoms with van der Waals surface area (Å²) in [6.07, 6.45) is 4.64. The highest BCUT2D eigenvalue weighted by Crippen LogP contribution is 2.19. The first-order valence-electron chi connectivity index (χ1n) is 5.37. The Morgan fingerprint density at radius 1 is 1.00 bits per heavy atom. The van der Waals surface area contributed by atoms with Gasteiger partial charge in [0.1, 0.15) is 0 Å². The van der Waals surface area contributed by atoms with Crippen LogP contribution in [0, 0.1) is 0 Å². The maximum atomic E-state index is 2.25. The average Bonchev–Trinajstić information content (AvgIpc) is 2.30. The van der Waals surface area contributed by atoms with Crippen molar-refractivity contribution in [3.8, 4) is 0 Å². The van der Waals surface area contributed by atoms with Crippen LogP contribution in [0.3, 0.4) is 0 Å². The zero-order valence-corrected chi connectivity index (χ0v) is 9.89. The van der Waals surface area contributed by atoms with Gasteiger partial charge in [0.15, 0.2) is 0 Å². The van der Waals surface area contributed by atoms with Crippen molar-refractivity contribution in [2.75, 3.05) is 12.0 Å². The first-order chi connectivity index (χ1) is 7.42. The third-order valence-corrected chi connectivity index (χ3v) is 3.37. The molecule has 0 saturated carbocycles. The summed E-state index contributed by atoms with van der Waals surface area (Å²) < 4.78 is 0. The summed E-state index contributed by atoms with van der Waals surface area (Å²) in [5.41, 5.74) is 1.49. The molecular formula is C14H16S. The molecule has 0 bridgehead atoms. The fourth-order valence-corrected chi connectivity index (χ4v) is 2.35. The number of hydrogen-bond acceptors (Lipinski definition) is 1. The van der Waals surface area contributed by atoms with Crippen LogP contribution in [0.15, 0.2) is 42.5 Å². The molecule has 0 nitrogen and oxygen atoms in total. The van der Waals surface area contributed by atoms with Crippen molar-refractivity contribution in [1.82, 2.24) is 0 Å². The van der Waals surface area contributed by atoms with Gasteiger partial charge in [0.2, 0.25) is 0 Å². The summed E-state index contributed by atoms with van der Waals surface area (Å²) in [6, 6.07) is 15.2. The molecule has 0 heterocycles. The molecule has 0 aliphatic rings. The van der Waals surface area contributed by atoms with Crippen LogP contribution in [0.2, 0.25) is 0 Å². The Balaban J connectivity index is 2.26. The maximum Gasteiger partial charge on any atom is -0.00671 e. The maximum absolute atomic E-state index is 2.25. The van der Waals surface area contributed by atoms with Crippen molar-refractivity contribution in [1.29, 1.82) is 0 Å². The van der Waals surface area contributed by atoms with Crippen LogP contribution in [-0.2, 0) is 6.42 Å². The van der Waals surface area contributed by atoms with E-state index in [0.717, 1.165) is 0 Å². The largest absolute Gasteiger partial charge is 0.165 e. The third-order valence-electron chi connectivity index (χ3n) is 2.67. The smallest absolute Gasteiger partial charge is 0.00671 e. The normalized spacial score (nSPS) is 10.7. The molecule has 0 N–H and O–H groups in total. The lowest BCUT2D eigenvalue weighted by Crippen LogP contribution is -1.89. The number of rotatable bonds is 4. The van der Waals surface area contributed by atoms with Crippen LogP contribution < -0.4 is 0 Å². The highest BCUT2D eigenvalue weighted by molar-refractivity contribution is 7.98. The van der Waals surface area contributed by atoms with Crippen LogP contribution in [0.4, 0.5) is 0 Å². The molecule has 0 aliphatic heterocycles. The molecule has 0 unspecified atom stereocenters. The quantitative estimate of drug-likeness (QED) is 0.692. The highest BCUT2D eigenvalue weighted by Gasteiger charge is 1.99. The van der Waals surface area contributed by atoms with Crippen molar-refractivity contribution in [2.45, 2.75) is 12.8 Å². The van der Waals surface area contributed by atoms with Gasteiger partial charge in [-0.25, -0.2) is 0 Å². The topological polar surface area (TPSA) is 0 Å². The molecule has 0 fully saturated rings. The number of fused-ring (bicyclic) bond motifs is 1. The molecule has 0 aliphatic carbocycles. The SMILES string of the molecule is CSCCCc1cccc2ccccc12. The van der Waals surface area contributed by atoms with Gasteiger partial charge in [0.05, 0.1) is 0 Å². The summed E-state index contributed by atoms with van der Waals surface area (Å²) >= 11 is 1.93. The van der Waals surface area contributed by atoms with Crippen LogP contribution in [-0.4, -0.2) is 12.0 Å². The van der Waals surface area contributed by atoms with Gasteiger partial charge in [0.25, 0.3) is 0 Å². The summed E-state index contributed by atoms with van der Waals surface area (Å²) in [4.78, 5) is 0. The lowest BCUT2D eigenvalue weighted by molar-refractivity contribution is 0.942. The van der Waals surface area contributed by atoms with Crippen LogP contribution >= 0.6 is 11.8 Å².